The first-order chi connectivity index (χ1) is 8.58. The number of methoxy groups -OCH3 is 1. The van der Waals surface area contributed by atoms with Crippen molar-refractivity contribution in [3.05, 3.63) is 35.4 Å². The third-order valence-electron chi connectivity index (χ3n) is 2.85. The molecular formula is C14H21NO3. The number of hydrogen-bond acceptors (Lipinski definition) is 4. The lowest BCUT2D eigenvalue weighted by Crippen LogP contribution is -2.41. The van der Waals surface area contributed by atoms with E-state index in [0.717, 1.165) is 11.1 Å². The van der Waals surface area contributed by atoms with Gasteiger partial charge in [0.1, 0.15) is 6.04 Å². The van der Waals surface area contributed by atoms with Crippen molar-refractivity contribution < 1.29 is 14.6 Å². The molecule has 0 spiro atoms. The minimum absolute atomic E-state index is 0.0461. The molecule has 1 aromatic carbocycles. The summed E-state index contributed by atoms with van der Waals surface area (Å²) in [6.45, 7) is 4.60. The van der Waals surface area contributed by atoms with Crippen molar-refractivity contribution in [3.8, 4) is 0 Å². The summed E-state index contributed by atoms with van der Waals surface area (Å²) in [7, 11) is 1.40. The lowest BCUT2D eigenvalue weighted by Gasteiger charge is -2.19. The van der Waals surface area contributed by atoms with Gasteiger partial charge in [-0.25, -0.2) is 0 Å². The Balaban J connectivity index is 2.58. The van der Waals surface area contributed by atoms with Gasteiger partial charge in [0.15, 0.2) is 0 Å². The van der Waals surface area contributed by atoms with Crippen LogP contribution in [0.1, 0.15) is 25.0 Å². The molecule has 0 fully saturated rings. The second-order valence-electron chi connectivity index (χ2n) is 4.60. The maximum Gasteiger partial charge on any atom is 0.323 e. The molecule has 0 saturated carbocycles. The molecule has 0 radical (unpaired) electrons. The molecule has 0 heterocycles. The minimum Gasteiger partial charge on any atom is -0.468 e. The molecule has 0 bridgehead atoms. The Morgan fingerprint density at radius 2 is 1.83 bits per heavy atom. The zero-order valence-corrected chi connectivity index (χ0v) is 11.1. The summed E-state index contributed by atoms with van der Waals surface area (Å²) >= 11 is 0. The molecule has 2 N–H and O–H groups in total. The number of carbonyl (C=O) groups is 1. The average molecular weight is 251 g/mol. The number of ether oxygens (including phenoxy) is 1. The Morgan fingerprint density at radius 1 is 1.28 bits per heavy atom. The van der Waals surface area contributed by atoms with Crippen LogP contribution in [0.5, 0.6) is 0 Å². The lowest BCUT2D eigenvalue weighted by molar-refractivity contribution is -0.144. The molecule has 0 aliphatic carbocycles. The van der Waals surface area contributed by atoms with Gasteiger partial charge in [-0.05, 0) is 17.0 Å². The highest BCUT2D eigenvalue weighted by Crippen LogP contribution is 2.07. The first kappa shape index (κ1) is 14.7. The number of rotatable bonds is 6. The highest BCUT2D eigenvalue weighted by molar-refractivity contribution is 5.75. The van der Waals surface area contributed by atoms with E-state index in [1.807, 2.05) is 38.1 Å². The van der Waals surface area contributed by atoms with Crippen LogP contribution in [-0.4, -0.2) is 24.2 Å². The Labute approximate surface area is 108 Å². The van der Waals surface area contributed by atoms with Gasteiger partial charge in [0.2, 0.25) is 0 Å². The molecule has 0 aliphatic rings. The van der Waals surface area contributed by atoms with E-state index < -0.39 is 0 Å². The molecule has 1 atom stereocenters. The SMILES string of the molecule is COC(=O)C(NCc1ccc(CO)cc1)C(C)C. The van der Waals surface area contributed by atoms with Crippen LogP contribution in [0.25, 0.3) is 0 Å². The van der Waals surface area contributed by atoms with Gasteiger partial charge in [-0.3, -0.25) is 4.79 Å². The number of esters is 1. The van der Waals surface area contributed by atoms with Crippen molar-refractivity contribution in [2.45, 2.75) is 33.0 Å². The molecule has 1 aromatic rings. The van der Waals surface area contributed by atoms with E-state index in [1.54, 1.807) is 0 Å². The third kappa shape index (κ3) is 4.13. The Bertz CT molecular complexity index is 373. The second-order valence-corrected chi connectivity index (χ2v) is 4.60. The second kappa shape index (κ2) is 7.13. The van der Waals surface area contributed by atoms with Gasteiger partial charge in [0.05, 0.1) is 13.7 Å². The molecule has 0 aliphatic heterocycles. The van der Waals surface area contributed by atoms with E-state index in [0.29, 0.717) is 6.54 Å². The standard InChI is InChI=1S/C14H21NO3/c1-10(2)13(14(17)18-3)15-8-11-4-6-12(9-16)7-5-11/h4-7,10,13,15-16H,8-9H2,1-3H3. The van der Waals surface area contributed by atoms with E-state index in [-0.39, 0.29) is 24.5 Å². The lowest BCUT2D eigenvalue weighted by atomic mass is 10.0. The van der Waals surface area contributed by atoms with Crippen molar-refractivity contribution in [2.24, 2.45) is 5.92 Å². The number of nitrogens with one attached hydrogen (secondary N) is 1. The monoisotopic (exact) mass is 251 g/mol. The predicted molar refractivity (Wildman–Crippen MR) is 69.8 cm³/mol. The Kier molecular flexibility index (Phi) is 5.82. The van der Waals surface area contributed by atoms with Crippen LogP contribution in [0.15, 0.2) is 24.3 Å². The number of benzene rings is 1. The van der Waals surface area contributed by atoms with E-state index in [1.165, 1.54) is 7.11 Å². The Hall–Kier alpha value is -1.39. The fourth-order valence-electron chi connectivity index (χ4n) is 1.71. The first-order valence-corrected chi connectivity index (χ1v) is 6.08. The van der Waals surface area contributed by atoms with Gasteiger partial charge in [-0.15, -0.1) is 0 Å². The zero-order valence-electron chi connectivity index (χ0n) is 11.1. The molecule has 18 heavy (non-hydrogen) atoms. The van der Waals surface area contributed by atoms with Crippen molar-refractivity contribution in [3.63, 3.8) is 0 Å². The van der Waals surface area contributed by atoms with E-state index >= 15 is 0 Å². The van der Waals surface area contributed by atoms with Crippen LogP contribution in [0.4, 0.5) is 0 Å². The maximum atomic E-state index is 11.6. The molecule has 4 heteroatoms. The summed E-state index contributed by atoms with van der Waals surface area (Å²) in [5, 5.41) is 12.1. The summed E-state index contributed by atoms with van der Waals surface area (Å²) in [6.07, 6.45) is 0. The van der Waals surface area contributed by atoms with Gasteiger partial charge in [-0.2, -0.15) is 0 Å². The molecule has 1 unspecified atom stereocenters. The summed E-state index contributed by atoms with van der Waals surface area (Å²) in [5.74, 6) is -0.0638. The van der Waals surface area contributed by atoms with Gasteiger partial charge in [0, 0.05) is 6.54 Å². The number of carbonyl (C=O) groups excluding carboxylic acids is 1. The summed E-state index contributed by atoms with van der Waals surface area (Å²) in [6, 6.07) is 7.33. The average Bonchev–Trinajstić information content (AvgIpc) is 2.39. The van der Waals surface area contributed by atoms with Crippen LogP contribution in [0, 0.1) is 5.92 Å². The largest absolute Gasteiger partial charge is 0.468 e. The van der Waals surface area contributed by atoms with Gasteiger partial charge >= 0.3 is 5.97 Å². The summed E-state index contributed by atoms with van der Waals surface area (Å²) < 4.78 is 4.76. The topological polar surface area (TPSA) is 58.6 Å². The summed E-state index contributed by atoms with van der Waals surface area (Å²) in [4.78, 5) is 11.6. The third-order valence-corrected chi connectivity index (χ3v) is 2.85. The van der Waals surface area contributed by atoms with Crippen molar-refractivity contribution in [1.29, 1.82) is 0 Å². The van der Waals surface area contributed by atoms with Gasteiger partial charge in [-0.1, -0.05) is 38.1 Å². The molecule has 100 valence electrons. The Morgan fingerprint density at radius 3 is 2.28 bits per heavy atom. The molecule has 0 amide bonds. The van der Waals surface area contributed by atoms with Crippen molar-refractivity contribution in [1.82, 2.24) is 5.32 Å². The van der Waals surface area contributed by atoms with Crippen molar-refractivity contribution >= 4 is 5.97 Å². The van der Waals surface area contributed by atoms with Crippen LogP contribution >= 0.6 is 0 Å². The predicted octanol–water partition coefficient (Wildman–Crippen LogP) is 1.47. The quantitative estimate of drug-likeness (QED) is 0.752. The van der Waals surface area contributed by atoms with Crippen molar-refractivity contribution in [2.75, 3.05) is 7.11 Å². The molecule has 4 nitrogen and oxygen atoms in total. The van der Waals surface area contributed by atoms with Gasteiger partial charge < -0.3 is 15.2 Å². The number of hydrogen-bond donors (Lipinski definition) is 2. The summed E-state index contributed by atoms with van der Waals surface area (Å²) in [5.41, 5.74) is 1.95. The minimum atomic E-state index is -0.299. The number of aliphatic hydroxyl groups excluding tert-OH is 1. The van der Waals surface area contributed by atoms with Crippen LogP contribution in [0.2, 0.25) is 0 Å². The van der Waals surface area contributed by atoms with E-state index in [9.17, 15) is 4.79 Å². The highest BCUT2D eigenvalue weighted by atomic mass is 16.5. The molecular weight excluding hydrogens is 230 g/mol. The van der Waals surface area contributed by atoms with E-state index in [2.05, 4.69) is 5.32 Å². The number of aliphatic hydroxyl groups is 1. The zero-order chi connectivity index (χ0) is 13.5. The van der Waals surface area contributed by atoms with Crippen LogP contribution in [0.3, 0.4) is 0 Å². The van der Waals surface area contributed by atoms with Gasteiger partial charge in [0.25, 0.3) is 0 Å². The smallest absolute Gasteiger partial charge is 0.323 e. The van der Waals surface area contributed by atoms with Crippen LogP contribution < -0.4 is 5.32 Å². The fraction of sp³-hybridized carbons (Fsp3) is 0.500. The van der Waals surface area contributed by atoms with E-state index in [4.69, 9.17) is 9.84 Å². The highest BCUT2D eigenvalue weighted by Gasteiger charge is 2.21. The molecule has 1 rings (SSSR count). The maximum absolute atomic E-state index is 11.6. The van der Waals surface area contributed by atoms with Crippen LogP contribution in [-0.2, 0) is 22.7 Å². The molecule has 0 saturated heterocycles. The normalized spacial score (nSPS) is 12.5. The first-order valence-electron chi connectivity index (χ1n) is 6.08. The fourth-order valence-corrected chi connectivity index (χ4v) is 1.71. The molecule has 0 aromatic heterocycles.